The van der Waals surface area contributed by atoms with Crippen molar-refractivity contribution in [2.75, 3.05) is 18.2 Å². The highest BCUT2D eigenvalue weighted by Gasteiger charge is 2.24. The quantitative estimate of drug-likeness (QED) is 0.379. The van der Waals surface area contributed by atoms with E-state index in [1.807, 2.05) is 0 Å². The molecule has 9 nitrogen and oxygen atoms in total. The third kappa shape index (κ3) is 5.05. The Balaban J connectivity index is 1.61. The van der Waals surface area contributed by atoms with E-state index < -0.39 is 11.6 Å². The van der Waals surface area contributed by atoms with Crippen LogP contribution in [-0.4, -0.2) is 35.1 Å². The number of hydrogen-bond acceptors (Lipinski definition) is 6. The predicted octanol–water partition coefficient (Wildman–Crippen LogP) is 2.07. The summed E-state index contributed by atoms with van der Waals surface area (Å²) in [5.41, 5.74) is 0.617. The van der Waals surface area contributed by atoms with Crippen LogP contribution in [0.5, 0.6) is 5.75 Å². The fourth-order valence-electron chi connectivity index (χ4n) is 2.48. The molecule has 3 aromatic rings. The molecule has 2 aromatic carbocycles. The van der Waals surface area contributed by atoms with Gasteiger partial charge in [0.25, 0.3) is 0 Å². The van der Waals surface area contributed by atoms with Gasteiger partial charge in [0, 0.05) is 30.0 Å². The summed E-state index contributed by atoms with van der Waals surface area (Å²) in [6, 6.07) is 13.0. The van der Waals surface area contributed by atoms with Gasteiger partial charge in [-0.05, 0) is 52.0 Å². The smallest absolute Gasteiger partial charge is 0.442 e. The zero-order valence-corrected chi connectivity index (χ0v) is 16.2. The normalized spacial score (nSPS) is 10.5. The summed E-state index contributed by atoms with van der Waals surface area (Å²) in [5.74, 6) is -0.364. The van der Waals surface area contributed by atoms with Crippen LogP contribution in [0, 0.1) is 0 Å². The summed E-state index contributed by atoms with van der Waals surface area (Å²) < 4.78 is 11.5. The SMILES string of the molecule is COc1ccc(-[n+]2[nH]oc(=O)c2SCCC(=O)Nc2cccc(C(=O)O)c2)cc1. The number of aromatic carboxylic acids is 1. The van der Waals surface area contributed by atoms with Crippen LogP contribution in [0.15, 0.2) is 62.9 Å². The van der Waals surface area contributed by atoms with Crippen LogP contribution in [0.2, 0.25) is 0 Å². The van der Waals surface area contributed by atoms with E-state index in [0.717, 1.165) is 0 Å². The number of methoxy groups -OCH3 is 1. The molecule has 0 saturated carbocycles. The van der Waals surface area contributed by atoms with Gasteiger partial charge in [-0.3, -0.25) is 9.32 Å². The van der Waals surface area contributed by atoms with Crippen molar-refractivity contribution in [3.8, 4) is 11.4 Å². The van der Waals surface area contributed by atoms with Crippen molar-refractivity contribution in [1.82, 2.24) is 5.27 Å². The van der Waals surface area contributed by atoms with Gasteiger partial charge in [0.15, 0.2) is 0 Å². The van der Waals surface area contributed by atoms with Crippen LogP contribution >= 0.6 is 11.8 Å². The molecular formula is C19H18N3O6S+. The summed E-state index contributed by atoms with van der Waals surface area (Å²) in [6.45, 7) is 0. The molecule has 1 aromatic heterocycles. The predicted molar refractivity (Wildman–Crippen MR) is 105 cm³/mol. The number of amides is 1. The van der Waals surface area contributed by atoms with E-state index in [-0.39, 0.29) is 17.9 Å². The van der Waals surface area contributed by atoms with Crippen LogP contribution in [-0.2, 0) is 4.79 Å². The number of carbonyl (C=O) groups is 2. The van der Waals surface area contributed by atoms with Crippen molar-refractivity contribution < 1.29 is 28.6 Å². The summed E-state index contributed by atoms with van der Waals surface area (Å²) in [6.07, 6.45) is 0.120. The molecule has 10 heteroatoms. The Hall–Kier alpha value is -3.53. The van der Waals surface area contributed by atoms with Gasteiger partial charge >= 0.3 is 16.6 Å². The fraction of sp³-hybridized carbons (Fsp3) is 0.158. The van der Waals surface area contributed by atoms with Gasteiger partial charge in [-0.25, -0.2) is 9.59 Å². The second kappa shape index (κ2) is 9.11. The monoisotopic (exact) mass is 416 g/mol. The Morgan fingerprint density at radius 3 is 2.69 bits per heavy atom. The first-order chi connectivity index (χ1) is 14.0. The van der Waals surface area contributed by atoms with E-state index in [2.05, 4.69) is 10.6 Å². The lowest BCUT2D eigenvalue weighted by Gasteiger charge is -2.05. The number of rotatable bonds is 8. The average Bonchev–Trinajstić information content (AvgIpc) is 3.08. The molecule has 0 aliphatic heterocycles. The van der Waals surface area contributed by atoms with Crippen LogP contribution < -0.4 is 20.4 Å². The van der Waals surface area contributed by atoms with E-state index in [0.29, 0.717) is 27.9 Å². The zero-order valence-electron chi connectivity index (χ0n) is 15.4. The molecule has 1 amide bonds. The minimum Gasteiger partial charge on any atom is -0.497 e. The molecule has 0 radical (unpaired) electrons. The topological polar surface area (TPSA) is 126 Å². The van der Waals surface area contributed by atoms with Crippen molar-refractivity contribution in [2.24, 2.45) is 0 Å². The maximum absolute atomic E-state index is 12.1. The molecule has 3 rings (SSSR count). The standard InChI is InChI=1S/C19H17N3O6S/c1-27-15-7-5-14(6-8-15)22-17(19(26)28-21-22)29-10-9-16(23)20-13-4-2-3-12(11-13)18(24)25/h2-8,11H,9-10H2,1H3,(H2-,20,21,23,24,25,26)/p+1. The molecule has 0 aliphatic rings. The van der Waals surface area contributed by atoms with Gasteiger partial charge < -0.3 is 15.2 Å². The first-order valence-electron chi connectivity index (χ1n) is 8.52. The van der Waals surface area contributed by atoms with Crippen LogP contribution in [0.25, 0.3) is 5.69 Å². The highest BCUT2D eigenvalue weighted by molar-refractivity contribution is 7.99. The number of thioether (sulfide) groups is 1. The Labute approximate surface area is 169 Å². The van der Waals surface area contributed by atoms with Gasteiger partial charge in [-0.1, -0.05) is 6.07 Å². The maximum atomic E-state index is 12.1. The number of nitrogens with zero attached hydrogens (tertiary/aromatic N) is 1. The molecule has 29 heavy (non-hydrogen) atoms. The Morgan fingerprint density at radius 1 is 1.24 bits per heavy atom. The van der Waals surface area contributed by atoms with Gasteiger partial charge in [0.05, 0.1) is 12.7 Å². The second-order valence-electron chi connectivity index (χ2n) is 5.85. The van der Waals surface area contributed by atoms with E-state index in [1.165, 1.54) is 28.6 Å². The molecule has 0 atom stereocenters. The summed E-state index contributed by atoms with van der Waals surface area (Å²) in [5, 5.41) is 14.5. The lowest BCUT2D eigenvalue weighted by Crippen LogP contribution is -2.36. The third-order valence-corrected chi connectivity index (χ3v) is 4.93. The fourth-order valence-corrected chi connectivity index (χ4v) is 3.39. The molecule has 150 valence electrons. The van der Waals surface area contributed by atoms with E-state index in [4.69, 9.17) is 14.4 Å². The largest absolute Gasteiger partial charge is 0.497 e. The third-order valence-electron chi connectivity index (χ3n) is 3.90. The number of aromatic amines is 1. The number of carbonyl (C=O) groups excluding carboxylic acids is 1. The van der Waals surface area contributed by atoms with Crippen LogP contribution in [0.3, 0.4) is 0 Å². The van der Waals surface area contributed by atoms with E-state index >= 15 is 0 Å². The van der Waals surface area contributed by atoms with Gasteiger partial charge in [-0.2, -0.15) is 0 Å². The van der Waals surface area contributed by atoms with Gasteiger partial charge in [0.1, 0.15) is 5.75 Å². The first-order valence-corrected chi connectivity index (χ1v) is 9.50. The van der Waals surface area contributed by atoms with Crippen molar-refractivity contribution >= 4 is 29.3 Å². The Bertz CT molecular complexity index is 1070. The Morgan fingerprint density at radius 2 is 2.00 bits per heavy atom. The number of aromatic nitrogens is 2. The van der Waals surface area contributed by atoms with Crippen molar-refractivity contribution in [3.63, 3.8) is 0 Å². The minimum atomic E-state index is -1.07. The lowest BCUT2D eigenvalue weighted by atomic mass is 10.2. The van der Waals surface area contributed by atoms with E-state index in [9.17, 15) is 14.4 Å². The van der Waals surface area contributed by atoms with Gasteiger partial charge in [-0.15, -0.1) is 0 Å². The number of H-pyrrole nitrogens is 1. The van der Waals surface area contributed by atoms with Crippen molar-refractivity contribution in [2.45, 2.75) is 11.4 Å². The number of carboxylic acid groups (broad SMARTS) is 1. The summed E-state index contributed by atoms with van der Waals surface area (Å²) in [4.78, 5) is 35.1. The number of nitrogens with one attached hydrogen (secondary N) is 2. The molecule has 0 aliphatic carbocycles. The number of benzene rings is 2. The van der Waals surface area contributed by atoms with Crippen molar-refractivity contribution in [3.05, 3.63) is 64.5 Å². The number of carboxylic acids is 1. The van der Waals surface area contributed by atoms with Crippen LogP contribution in [0.1, 0.15) is 16.8 Å². The number of ether oxygens (including phenoxy) is 1. The number of anilines is 1. The molecule has 3 N–H and O–H groups in total. The average molecular weight is 416 g/mol. The first kappa shape index (κ1) is 20.2. The van der Waals surface area contributed by atoms with E-state index in [1.54, 1.807) is 43.5 Å². The van der Waals surface area contributed by atoms with Gasteiger partial charge in [0.2, 0.25) is 11.6 Å². The minimum absolute atomic E-state index is 0.0858. The molecule has 0 bridgehead atoms. The zero-order chi connectivity index (χ0) is 20.8. The molecular weight excluding hydrogens is 398 g/mol. The summed E-state index contributed by atoms with van der Waals surface area (Å²) in [7, 11) is 1.56. The molecule has 1 heterocycles. The molecule has 0 saturated heterocycles. The lowest BCUT2D eigenvalue weighted by molar-refractivity contribution is -0.704. The van der Waals surface area contributed by atoms with Crippen molar-refractivity contribution in [1.29, 1.82) is 0 Å². The Kier molecular flexibility index (Phi) is 6.35. The van der Waals surface area contributed by atoms with Crippen LogP contribution in [0.4, 0.5) is 5.69 Å². The summed E-state index contributed by atoms with van der Waals surface area (Å²) >= 11 is 1.17. The highest BCUT2D eigenvalue weighted by Crippen LogP contribution is 2.16. The molecule has 0 unspecified atom stereocenters. The number of hydrogen-bond donors (Lipinski definition) is 3. The maximum Gasteiger partial charge on any atom is 0.442 e. The second-order valence-corrected chi connectivity index (χ2v) is 6.94. The highest BCUT2D eigenvalue weighted by atomic mass is 32.2. The molecule has 0 spiro atoms. The molecule has 0 fully saturated rings.